The van der Waals surface area contributed by atoms with Gasteiger partial charge in [0.1, 0.15) is 5.75 Å². The molecule has 0 bridgehead atoms. The Bertz CT molecular complexity index is 753. The van der Waals surface area contributed by atoms with Crippen LogP contribution in [-0.4, -0.2) is 41.5 Å². The van der Waals surface area contributed by atoms with Crippen LogP contribution in [0.1, 0.15) is 44.9 Å². The SMILES string of the molecule is CC(Oc1ccc(C(C)(C)C)cc1)C(=O)N1CCNCC1c1cccnc1. The molecule has 1 N–H and O–H groups in total. The fourth-order valence-corrected chi connectivity index (χ4v) is 3.36. The zero-order valence-electron chi connectivity index (χ0n) is 16.6. The summed E-state index contributed by atoms with van der Waals surface area (Å²) in [6.07, 6.45) is 3.04. The van der Waals surface area contributed by atoms with Gasteiger partial charge in [0, 0.05) is 32.0 Å². The average molecular weight is 367 g/mol. The van der Waals surface area contributed by atoms with E-state index in [0.717, 1.165) is 24.4 Å². The number of benzene rings is 1. The first kappa shape index (κ1) is 19.4. The molecule has 0 spiro atoms. The van der Waals surface area contributed by atoms with Crippen LogP contribution in [0.4, 0.5) is 0 Å². The van der Waals surface area contributed by atoms with Crippen LogP contribution in [0.2, 0.25) is 0 Å². The molecule has 5 heteroatoms. The predicted octanol–water partition coefficient (Wildman–Crippen LogP) is 3.32. The van der Waals surface area contributed by atoms with Crippen molar-refractivity contribution >= 4 is 5.91 Å². The molecule has 1 amide bonds. The molecular weight excluding hydrogens is 338 g/mol. The van der Waals surface area contributed by atoms with E-state index in [1.54, 1.807) is 6.20 Å². The Labute approximate surface area is 161 Å². The number of carbonyl (C=O) groups is 1. The van der Waals surface area contributed by atoms with Crippen molar-refractivity contribution in [1.29, 1.82) is 0 Å². The Hall–Kier alpha value is -2.40. The maximum Gasteiger partial charge on any atom is 0.263 e. The van der Waals surface area contributed by atoms with Crippen LogP contribution in [0, 0.1) is 0 Å². The van der Waals surface area contributed by atoms with Crippen molar-refractivity contribution < 1.29 is 9.53 Å². The molecule has 27 heavy (non-hydrogen) atoms. The van der Waals surface area contributed by atoms with E-state index in [4.69, 9.17) is 4.74 Å². The van der Waals surface area contributed by atoms with Crippen LogP contribution in [0.3, 0.4) is 0 Å². The number of amides is 1. The van der Waals surface area contributed by atoms with E-state index < -0.39 is 6.10 Å². The molecule has 2 atom stereocenters. The fourth-order valence-electron chi connectivity index (χ4n) is 3.36. The lowest BCUT2D eigenvalue weighted by atomic mass is 9.87. The van der Waals surface area contributed by atoms with Gasteiger partial charge in [-0.3, -0.25) is 9.78 Å². The summed E-state index contributed by atoms with van der Waals surface area (Å²) in [5, 5.41) is 3.36. The summed E-state index contributed by atoms with van der Waals surface area (Å²) in [5.74, 6) is 0.724. The van der Waals surface area contributed by atoms with Gasteiger partial charge in [-0.1, -0.05) is 39.0 Å². The van der Waals surface area contributed by atoms with E-state index in [-0.39, 0.29) is 17.4 Å². The topological polar surface area (TPSA) is 54.5 Å². The summed E-state index contributed by atoms with van der Waals surface area (Å²) in [5.41, 5.74) is 2.38. The molecule has 2 aromatic rings. The minimum atomic E-state index is -0.539. The second-order valence-corrected chi connectivity index (χ2v) is 8.07. The average Bonchev–Trinajstić information content (AvgIpc) is 2.68. The maximum absolute atomic E-state index is 13.1. The molecule has 144 valence electrons. The molecule has 1 aromatic carbocycles. The second kappa shape index (κ2) is 8.09. The molecule has 1 saturated heterocycles. The molecule has 0 aliphatic carbocycles. The van der Waals surface area contributed by atoms with Gasteiger partial charge >= 0.3 is 0 Å². The Morgan fingerprint density at radius 1 is 1.26 bits per heavy atom. The maximum atomic E-state index is 13.1. The quantitative estimate of drug-likeness (QED) is 0.901. The molecule has 1 aliphatic rings. The van der Waals surface area contributed by atoms with Crippen molar-refractivity contribution in [3.05, 3.63) is 59.9 Å². The molecule has 1 aliphatic heterocycles. The third kappa shape index (κ3) is 4.66. The number of nitrogens with zero attached hydrogens (tertiary/aromatic N) is 2. The summed E-state index contributed by atoms with van der Waals surface area (Å²) in [7, 11) is 0. The van der Waals surface area contributed by atoms with Crippen LogP contribution in [0.15, 0.2) is 48.8 Å². The van der Waals surface area contributed by atoms with Crippen molar-refractivity contribution in [2.24, 2.45) is 0 Å². The number of hydrogen-bond acceptors (Lipinski definition) is 4. The van der Waals surface area contributed by atoms with Crippen molar-refractivity contribution in [3.8, 4) is 5.75 Å². The molecule has 5 nitrogen and oxygen atoms in total. The first-order valence-corrected chi connectivity index (χ1v) is 9.54. The first-order chi connectivity index (χ1) is 12.9. The number of rotatable bonds is 4. The summed E-state index contributed by atoms with van der Waals surface area (Å²) < 4.78 is 5.95. The monoisotopic (exact) mass is 367 g/mol. The highest BCUT2D eigenvalue weighted by atomic mass is 16.5. The van der Waals surface area contributed by atoms with Crippen molar-refractivity contribution in [2.45, 2.75) is 45.3 Å². The van der Waals surface area contributed by atoms with Crippen molar-refractivity contribution in [3.63, 3.8) is 0 Å². The summed E-state index contributed by atoms with van der Waals surface area (Å²) in [6.45, 7) is 10.5. The van der Waals surface area contributed by atoms with Crippen LogP contribution >= 0.6 is 0 Å². The van der Waals surface area contributed by atoms with Gasteiger partial charge in [0.25, 0.3) is 5.91 Å². The smallest absolute Gasteiger partial charge is 0.263 e. The lowest BCUT2D eigenvalue weighted by Crippen LogP contribution is -2.52. The lowest BCUT2D eigenvalue weighted by Gasteiger charge is -2.37. The zero-order chi connectivity index (χ0) is 19.4. The van der Waals surface area contributed by atoms with E-state index in [2.05, 4.69) is 43.2 Å². The first-order valence-electron chi connectivity index (χ1n) is 9.54. The van der Waals surface area contributed by atoms with Crippen LogP contribution < -0.4 is 10.1 Å². The predicted molar refractivity (Wildman–Crippen MR) is 107 cm³/mol. The Kier molecular flexibility index (Phi) is 5.80. The summed E-state index contributed by atoms with van der Waals surface area (Å²) >= 11 is 0. The summed E-state index contributed by atoms with van der Waals surface area (Å²) in [6, 6.07) is 11.9. The third-order valence-corrected chi connectivity index (χ3v) is 4.98. The van der Waals surface area contributed by atoms with Crippen LogP contribution in [0.5, 0.6) is 5.75 Å². The molecule has 0 saturated carbocycles. The van der Waals surface area contributed by atoms with Gasteiger partial charge in [0.2, 0.25) is 0 Å². The Morgan fingerprint density at radius 2 is 2.00 bits per heavy atom. The van der Waals surface area contributed by atoms with Crippen molar-refractivity contribution in [1.82, 2.24) is 15.2 Å². The van der Waals surface area contributed by atoms with Gasteiger partial charge in [0.05, 0.1) is 6.04 Å². The number of carbonyl (C=O) groups excluding carboxylic acids is 1. The van der Waals surface area contributed by atoms with E-state index >= 15 is 0 Å². The van der Waals surface area contributed by atoms with Gasteiger partial charge in [0.15, 0.2) is 6.10 Å². The standard InChI is InChI=1S/C22H29N3O2/c1-16(27-19-9-7-18(8-10-19)22(2,3)4)21(26)25-13-12-24-15-20(25)17-6-5-11-23-14-17/h5-11,14,16,20,24H,12-13,15H2,1-4H3. The van der Waals surface area contributed by atoms with Gasteiger partial charge < -0.3 is 15.0 Å². The Morgan fingerprint density at radius 3 is 2.63 bits per heavy atom. The number of piperazine rings is 1. The zero-order valence-corrected chi connectivity index (χ0v) is 16.6. The van der Waals surface area contributed by atoms with Gasteiger partial charge in [-0.25, -0.2) is 0 Å². The number of nitrogens with one attached hydrogen (secondary N) is 1. The number of pyridine rings is 1. The molecule has 1 fully saturated rings. The molecule has 3 rings (SSSR count). The normalized spacial score (nSPS) is 18.8. The highest BCUT2D eigenvalue weighted by Gasteiger charge is 2.31. The number of ether oxygens (including phenoxy) is 1. The second-order valence-electron chi connectivity index (χ2n) is 8.07. The lowest BCUT2D eigenvalue weighted by molar-refractivity contribution is -0.141. The molecule has 0 radical (unpaired) electrons. The van der Waals surface area contributed by atoms with Crippen LogP contribution in [-0.2, 0) is 10.2 Å². The number of hydrogen-bond donors (Lipinski definition) is 1. The fraction of sp³-hybridized carbons (Fsp3) is 0.455. The van der Waals surface area contributed by atoms with E-state index in [1.165, 1.54) is 5.56 Å². The van der Waals surface area contributed by atoms with E-state index in [0.29, 0.717) is 6.54 Å². The molecule has 1 aromatic heterocycles. The van der Waals surface area contributed by atoms with E-state index in [9.17, 15) is 4.79 Å². The largest absolute Gasteiger partial charge is 0.481 e. The van der Waals surface area contributed by atoms with Gasteiger partial charge in [-0.15, -0.1) is 0 Å². The van der Waals surface area contributed by atoms with Crippen molar-refractivity contribution in [2.75, 3.05) is 19.6 Å². The van der Waals surface area contributed by atoms with Gasteiger partial charge in [-0.2, -0.15) is 0 Å². The molecule has 2 unspecified atom stereocenters. The summed E-state index contributed by atoms with van der Waals surface area (Å²) in [4.78, 5) is 19.2. The number of aromatic nitrogens is 1. The van der Waals surface area contributed by atoms with Gasteiger partial charge in [-0.05, 0) is 41.7 Å². The minimum Gasteiger partial charge on any atom is -0.481 e. The third-order valence-electron chi connectivity index (χ3n) is 4.98. The van der Waals surface area contributed by atoms with E-state index in [1.807, 2.05) is 42.3 Å². The molecular formula is C22H29N3O2. The highest BCUT2D eigenvalue weighted by molar-refractivity contribution is 5.81. The minimum absolute atomic E-state index is 0.00486. The molecule has 2 heterocycles. The Balaban J connectivity index is 1.70. The highest BCUT2D eigenvalue weighted by Crippen LogP contribution is 2.26. The van der Waals surface area contributed by atoms with Crippen LogP contribution in [0.25, 0.3) is 0 Å².